The molecule has 3 unspecified atom stereocenters. The molecule has 1 aromatic heterocycles. The van der Waals surface area contributed by atoms with Crippen molar-refractivity contribution in [2.45, 2.75) is 57.8 Å². The summed E-state index contributed by atoms with van der Waals surface area (Å²) in [5, 5.41) is 19.3. The molecule has 0 bridgehead atoms. The van der Waals surface area contributed by atoms with Crippen LogP contribution in [0.2, 0.25) is 0 Å². The number of carbonyl (C=O) groups excluding carboxylic acids is 1. The van der Waals surface area contributed by atoms with E-state index in [0.29, 0.717) is 12.6 Å². The third-order valence-electron chi connectivity index (χ3n) is 4.64. The third-order valence-corrected chi connectivity index (χ3v) is 4.64. The highest BCUT2D eigenvalue weighted by atomic mass is 16.2. The summed E-state index contributed by atoms with van der Waals surface area (Å²) in [5.74, 6) is 0.870. The van der Waals surface area contributed by atoms with Crippen molar-refractivity contribution in [2.75, 3.05) is 13.1 Å². The Labute approximate surface area is 130 Å². The van der Waals surface area contributed by atoms with Crippen molar-refractivity contribution < 1.29 is 4.79 Å². The first-order chi connectivity index (χ1) is 10.7. The molecule has 1 saturated heterocycles. The molecule has 0 radical (unpaired) electrons. The zero-order valence-corrected chi connectivity index (χ0v) is 13.0. The van der Waals surface area contributed by atoms with Crippen LogP contribution in [0.15, 0.2) is 0 Å². The summed E-state index contributed by atoms with van der Waals surface area (Å²) in [7, 11) is 0. The fourth-order valence-corrected chi connectivity index (χ4v) is 3.22. The van der Waals surface area contributed by atoms with E-state index in [2.05, 4.69) is 28.7 Å². The van der Waals surface area contributed by atoms with Gasteiger partial charge in [-0.1, -0.05) is 6.92 Å². The summed E-state index contributed by atoms with van der Waals surface area (Å²) in [6, 6.07) is 2.52. The molecule has 0 aromatic carbocycles. The van der Waals surface area contributed by atoms with Crippen molar-refractivity contribution in [2.24, 2.45) is 5.92 Å². The van der Waals surface area contributed by atoms with E-state index in [9.17, 15) is 4.79 Å². The minimum atomic E-state index is -0.188. The molecule has 2 fully saturated rings. The van der Waals surface area contributed by atoms with E-state index in [4.69, 9.17) is 5.26 Å². The normalized spacial score (nSPS) is 28.7. The number of fused-ring (bicyclic) bond motifs is 1. The standard InChI is InChI=1S/C13H21N3O.CH2N4/c1-10-4-5-11(7-10)15-9-13(17)16-6-2-3-12(16)8-14;1-4-2-3-5(1)4/h10-12,15H,2-7,9H2,1H3;1H2. The van der Waals surface area contributed by atoms with E-state index < -0.39 is 0 Å². The molecule has 3 heterocycles. The van der Waals surface area contributed by atoms with Gasteiger partial charge in [0.15, 0.2) is 6.67 Å². The van der Waals surface area contributed by atoms with Gasteiger partial charge in [-0.3, -0.25) is 4.79 Å². The van der Waals surface area contributed by atoms with Crippen molar-refractivity contribution in [1.29, 1.82) is 5.26 Å². The molecule has 3 atom stereocenters. The molecule has 22 heavy (non-hydrogen) atoms. The SMILES string of the molecule is C1n2nnn21.CC1CCC(NCC(=O)N2CCCC2C#N)C1. The number of nitriles is 1. The molecule has 2 aliphatic heterocycles. The minimum Gasteiger partial charge on any atom is -0.326 e. The molecular formula is C14H23N7O. The van der Waals surface area contributed by atoms with Crippen LogP contribution in [0.3, 0.4) is 0 Å². The average Bonchev–Trinajstić information content (AvgIpc) is 2.94. The first-order valence-electron chi connectivity index (χ1n) is 8.06. The summed E-state index contributed by atoms with van der Waals surface area (Å²) in [6.07, 6.45) is 5.41. The summed E-state index contributed by atoms with van der Waals surface area (Å²) in [5.41, 5.74) is 0. The van der Waals surface area contributed by atoms with Crippen molar-refractivity contribution in [3.05, 3.63) is 0 Å². The highest BCUT2D eigenvalue weighted by Crippen LogP contribution is 2.24. The van der Waals surface area contributed by atoms with Crippen LogP contribution in [-0.2, 0) is 11.5 Å². The van der Waals surface area contributed by atoms with Crippen molar-refractivity contribution in [3.63, 3.8) is 0 Å². The maximum atomic E-state index is 12.0. The smallest absolute Gasteiger partial charge is 0.237 e. The maximum absolute atomic E-state index is 12.0. The second-order valence-corrected chi connectivity index (χ2v) is 6.44. The lowest BCUT2D eigenvalue weighted by molar-refractivity contribution is -0.130. The van der Waals surface area contributed by atoms with Crippen LogP contribution in [0.1, 0.15) is 39.0 Å². The van der Waals surface area contributed by atoms with Gasteiger partial charge in [0.2, 0.25) is 5.91 Å². The minimum absolute atomic E-state index is 0.0913. The first kappa shape index (κ1) is 15.0. The molecule has 1 aromatic rings. The zero-order valence-electron chi connectivity index (χ0n) is 13.0. The van der Waals surface area contributed by atoms with Gasteiger partial charge in [-0.2, -0.15) is 5.26 Å². The Bertz CT molecular complexity index is 541. The van der Waals surface area contributed by atoms with E-state index in [1.165, 1.54) is 19.3 Å². The Morgan fingerprint density at radius 2 is 2.09 bits per heavy atom. The van der Waals surface area contributed by atoms with E-state index in [1.807, 2.05) is 0 Å². The number of hydrogen-bond donors (Lipinski definition) is 1. The van der Waals surface area contributed by atoms with E-state index in [-0.39, 0.29) is 11.9 Å². The van der Waals surface area contributed by atoms with Crippen LogP contribution in [0, 0.1) is 17.2 Å². The van der Waals surface area contributed by atoms with Crippen molar-refractivity contribution in [3.8, 4) is 6.07 Å². The zero-order chi connectivity index (χ0) is 15.5. The van der Waals surface area contributed by atoms with Gasteiger partial charge in [0, 0.05) is 12.6 Å². The molecule has 4 rings (SSSR count). The summed E-state index contributed by atoms with van der Waals surface area (Å²) < 4.78 is 0. The van der Waals surface area contributed by atoms with Crippen LogP contribution in [0.25, 0.3) is 0 Å². The number of aromatic nitrogens is 4. The number of carbonyl (C=O) groups is 1. The Balaban J connectivity index is 0.000000237. The topological polar surface area (TPSA) is 91.8 Å². The summed E-state index contributed by atoms with van der Waals surface area (Å²) in [6.45, 7) is 4.32. The molecule has 3 aliphatic rings. The maximum Gasteiger partial charge on any atom is 0.237 e. The second-order valence-electron chi connectivity index (χ2n) is 6.44. The summed E-state index contributed by atoms with van der Waals surface area (Å²) >= 11 is 0. The molecule has 1 amide bonds. The predicted octanol–water partition coefficient (Wildman–Crippen LogP) is 0.178. The van der Waals surface area contributed by atoms with Crippen LogP contribution in [0.4, 0.5) is 0 Å². The van der Waals surface area contributed by atoms with Gasteiger partial charge < -0.3 is 10.2 Å². The Kier molecular flexibility index (Phi) is 4.43. The van der Waals surface area contributed by atoms with Crippen LogP contribution < -0.4 is 5.32 Å². The molecule has 1 aliphatic carbocycles. The molecule has 1 N–H and O–H groups in total. The van der Waals surface area contributed by atoms with Gasteiger partial charge in [0.1, 0.15) is 6.04 Å². The Morgan fingerprint density at radius 1 is 1.32 bits per heavy atom. The number of nitrogens with zero attached hydrogens (tertiary/aromatic N) is 6. The number of amides is 1. The monoisotopic (exact) mass is 305 g/mol. The molecular weight excluding hydrogens is 282 g/mol. The predicted molar refractivity (Wildman–Crippen MR) is 78.6 cm³/mol. The van der Waals surface area contributed by atoms with Gasteiger partial charge in [0.25, 0.3) is 0 Å². The van der Waals surface area contributed by atoms with Gasteiger partial charge in [-0.05, 0) is 48.4 Å². The lowest BCUT2D eigenvalue weighted by atomic mass is 10.1. The highest BCUT2D eigenvalue weighted by molar-refractivity contribution is 5.79. The largest absolute Gasteiger partial charge is 0.326 e. The van der Waals surface area contributed by atoms with Gasteiger partial charge >= 0.3 is 0 Å². The fraction of sp³-hybridized carbons (Fsp3) is 0.857. The van der Waals surface area contributed by atoms with E-state index in [0.717, 1.165) is 32.0 Å². The molecule has 1 saturated carbocycles. The van der Waals surface area contributed by atoms with Crippen LogP contribution in [0.5, 0.6) is 0 Å². The van der Waals surface area contributed by atoms with Crippen molar-refractivity contribution in [1.82, 2.24) is 30.2 Å². The van der Waals surface area contributed by atoms with Gasteiger partial charge in [-0.15, -0.1) is 9.59 Å². The van der Waals surface area contributed by atoms with Gasteiger partial charge in [-0.25, -0.2) is 0 Å². The number of likely N-dealkylation sites (tertiary alicyclic amines) is 1. The van der Waals surface area contributed by atoms with Crippen LogP contribution in [-0.4, -0.2) is 56.0 Å². The Morgan fingerprint density at radius 3 is 2.59 bits per heavy atom. The summed E-state index contributed by atoms with van der Waals surface area (Å²) in [4.78, 5) is 17.2. The third kappa shape index (κ3) is 3.47. The van der Waals surface area contributed by atoms with E-state index >= 15 is 0 Å². The lowest BCUT2D eigenvalue weighted by Gasteiger charge is -2.21. The van der Waals surface area contributed by atoms with Crippen LogP contribution >= 0.6 is 0 Å². The Hall–Kier alpha value is -1.88. The molecule has 0 spiro atoms. The molecule has 8 heteroatoms. The molecule has 120 valence electrons. The average molecular weight is 305 g/mol. The van der Waals surface area contributed by atoms with Gasteiger partial charge in [0.05, 0.1) is 12.6 Å². The fourth-order valence-electron chi connectivity index (χ4n) is 3.22. The lowest BCUT2D eigenvalue weighted by Crippen LogP contribution is -2.42. The number of nitrogens with one attached hydrogen (secondary N) is 1. The van der Waals surface area contributed by atoms with Crippen molar-refractivity contribution >= 4 is 5.91 Å². The quantitative estimate of drug-likeness (QED) is 0.873. The highest BCUT2D eigenvalue weighted by Gasteiger charge is 2.29. The number of hydrogen-bond acceptors (Lipinski definition) is 5. The molecule has 8 nitrogen and oxygen atoms in total. The second kappa shape index (κ2) is 6.48. The van der Waals surface area contributed by atoms with E-state index in [1.54, 1.807) is 14.5 Å². The first-order valence-corrected chi connectivity index (χ1v) is 8.06. The number of rotatable bonds is 3.